The number of para-hydroxylation sites is 1. The van der Waals surface area contributed by atoms with Crippen molar-refractivity contribution < 1.29 is 0 Å². The van der Waals surface area contributed by atoms with Crippen LogP contribution in [0.2, 0.25) is 0 Å². The maximum absolute atomic E-state index is 5.14. The van der Waals surface area contributed by atoms with Gasteiger partial charge in [-0.1, -0.05) is 121 Å². The molecule has 1 unspecified atom stereocenters. The minimum absolute atomic E-state index is 0.321. The molecule has 0 spiro atoms. The van der Waals surface area contributed by atoms with E-state index in [1.807, 2.05) is 54.6 Å². The van der Waals surface area contributed by atoms with Crippen LogP contribution < -0.4 is 10.6 Å². The van der Waals surface area contributed by atoms with Crippen LogP contribution in [0, 0.1) is 0 Å². The van der Waals surface area contributed by atoms with Crippen LogP contribution in [0.1, 0.15) is 17.3 Å². The van der Waals surface area contributed by atoms with Gasteiger partial charge in [0.05, 0.1) is 11.0 Å². The summed E-state index contributed by atoms with van der Waals surface area (Å²) in [5.74, 6) is 0.764. The predicted octanol–water partition coefficient (Wildman–Crippen LogP) is 9.60. The van der Waals surface area contributed by atoms with E-state index in [9.17, 15) is 0 Å². The number of hydrogen-bond donors (Lipinski definition) is 2. The molecule has 0 aliphatic rings. The van der Waals surface area contributed by atoms with Crippen LogP contribution in [-0.2, 0) is 6.67 Å². The van der Waals surface area contributed by atoms with Crippen molar-refractivity contribution in [2.75, 3.05) is 5.32 Å². The van der Waals surface area contributed by atoms with E-state index in [1.165, 1.54) is 21.9 Å². The summed E-state index contributed by atoms with van der Waals surface area (Å²) in [5, 5.41) is 9.51. The molecule has 0 aliphatic carbocycles. The van der Waals surface area contributed by atoms with Gasteiger partial charge in [-0.25, -0.2) is 4.99 Å². The first kappa shape index (κ1) is 27.9. The topological polar surface area (TPSA) is 53.7 Å². The number of aliphatic imine (C=N–C) groups is 2. The van der Waals surface area contributed by atoms with Crippen LogP contribution in [0.15, 0.2) is 168 Å². The van der Waals surface area contributed by atoms with Gasteiger partial charge in [0.1, 0.15) is 18.7 Å². The van der Waals surface area contributed by atoms with Gasteiger partial charge in [0.15, 0.2) is 0 Å². The Morgan fingerprint density at radius 1 is 0.600 bits per heavy atom. The first-order chi connectivity index (χ1) is 22.3. The first-order valence-corrected chi connectivity index (χ1v) is 15.1. The Kier molecular flexibility index (Phi) is 7.89. The van der Waals surface area contributed by atoms with Gasteiger partial charge in [-0.05, 0) is 59.8 Å². The van der Waals surface area contributed by atoms with E-state index in [2.05, 4.69) is 130 Å². The SMILES string of the molecule is C=NC(N/C(=N\Cn1c2ccccc2c2cc(Nc3ccc(-c4ccccc4)cc3)ccc21)c1ccccc1)c1ccccc1. The summed E-state index contributed by atoms with van der Waals surface area (Å²) < 4.78 is 2.27. The number of rotatable bonds is 9. The Morgan fingerprint density at radius 3 is 1.93 bits per heavy atom. The highest BCUT2D eigenvalue weighted by atomic mass is 15.2. The number of nitrogens with one attached hydrogen (secondary N) is 2. The predicted molar refractivity (Wildman–Crippen MR) is 189 cm³/mol. The third-order valence-corrected chi connectivity index (χ3v) is 8.04. The molecule has 1 atom stereocenters. The van der Waals surface area contributed by atoms with Crippen molar-refractivity contribution in [1.29, 1.82) is 0 Å². The van der Waals surface area contributed by atoms with Crippen LogP contribution in [0.3, 0.4) is 0 Å². The normalized spacial score (nSPS) is 12.2. The molecule has 0 radical (unpaired) electrons. The van der Waals surface area contributed by atoms with Gasteiger partial charge in [0.2, 0.25) is 0 Å². The van der Waals surface area contributed by atoms with Crippen LogP contribution in [0.4, 0.5) is 11.4 Å². The average Bonchev–Trinajstić information content (AvgIpc) is 3.42. The summed E-state index contributed by atoms with van der Waals surface area (Å²) >= 11 is 0. The summed E-state index contributed by atoms with van der Waals surface area (Å²) in [6, 6.07) is 54.4. The van der Waals surface area contributed by atoms with Crippen molar-refractivity contribution in [1.82, 2.24) is 9.88 Å². The van der Waals surface area contributed by atoms with Gasteiger partial charge in [-0.3, -0.25) is 4.99 Å². The van der Waals surface area contributed by atoms with E-state index >= 15 is 0 Å². The van der Waals surface area contributed by atoms with Crippen LogP contribution in [0.5, 0.6) is 0 Å². The molecule has 7 rings (SSSR count). The second-order valence-electron chi connectivity index (χ2n) is 10.9. The zero-order valence-electron chi connectivity index (χ0n) is 24.8. The number of fused-ring (bicyclic) bond motifs is 3. The van der Waals surface area contributed by atoms with Crippen molar-refractivity contribution >= 4 is 45.7 Å². The molecule has 0 aliphatic heterocycles. The van der Waals surface area contributed by atoms with E-state index in [0.717, 1.165) is 39.4 Å². The Hall–Kier alpha value is -5.94. The smallest absolute Gasteiger partial charge is 0.145 e. The molecule has 0 saturated carbocycles. The average molecular weight is 584 g/mol. The fraction of sp³-hybridized carbons (Fsp3) is 0.0500. The number of benzene rings is 6. The number of amidine groups is 1. The molecule has 0 fully saturated rings. The third-order valence-electron chi connectivity index (χ3n) is 8.04. The van der Waals surface area contributed by atoms with Gasteiger partial charge in [0, 0.05) is 27.7 Å². The highest BCUT2D eigenvalue weighted by Crippen LogP contribution is 2.32. The lowest BCUT2D eigenvalue weighted by molar-refractivity contribution is 0.679. The highest BCUT2D eigenvalue weighted by molar-refractivity contribution is 6.09. The molecule has 2 N–H and O–H groups in total. The first-order valence-electron chi connectivity index (χ1n) is 15.1. The zero-order chi connectivity index (χ0) is 30.4. The Bertz CT molecular complexity index is 2080. The molecule has 5 heteroatoms. The summed E-state index contributed by atoms with van der Waals surface area (Å²) in [4.78, 5) is 9.52. The largest absolute Gasteiger partial charge is 0.356 e. The standard InChI is InChI=1S/C40H33N5/c1-41-39(31-15-7-3-8-16-31)44-40(32-17-9-4-10-18-32)42-28-45-37-20-12-11-19-35(37)36-27-34(25-26-38(36)45)43-33-23-21-30(22-24-33)29-13-5-2-6-14-29/h2-27,39,43H,1,28H2,(H,42,44). The summed E-state index contributed by atoms with van der Waals surface area (Å²) in [6.07, 6.45) is -0.321. The summed E-state index contributed by atoms with van der Waals surface area (Å²) in [7, 11) is 0. The Morgan fingerprint density at radius 2 is 1.20 bits per heavy atom. The number of hydrogen-bond acceptors (Lipinski definition) is 3. The van der Waals surface area contributed by atoms with Gasteiger partial charge in [-0.2, -0.15) is 0 Å². The summed E-state index contributed by atoms with van der Waals surface area (Å²) in [5.41, 5.74) is 8.77. The Labute approximate surface area is 263 Å². The van der Waals surface area contributed by atoms with Crippen molar-refractivity contribution in [3.63, 3.8) is 0 Å². The molecule has 1 heterocycles. The second-order valence-corrected chi connectivity index (χ2v) is 10.9. The molecular weight excluding hydrogens is 550 g/mol. The molecule has 6 aromatic carbocycles. The van der Waals surface area contributed by atoms with Crippen molar-refractivity contribution in [2.45, 2.75) is 12.8 Å². The molecule has 0 saturated heterocycles. The van der Waals surface area contributed by atoms with Crippen LogP contribution in [-0.4, -0.2) is 17.1 Å². The fourth-order valence-corrected chi connectivity index (χ4v) is 5.78. The quantitative estimate of drug-likeness (QED) is 0.131. The van der Waals surface area contributed by atoms with Crippen molar-refractivity contribution in [3.8, 4) is 11.1 Å². The maximum atomic E-state index is 5.14. The number of nitrogens with zero attached hydrogens (tertiary/aromatic N) is 3. The van der Waals surface area contributed by atoms with Crippen molar-refractivity contribution in [3.05, 3.63) is 169 Å². The lowest BCUT2D eigenvalue weighted by atomic mass is 10.1. The zero-order valence-corrected chi connectivity index (χ0v) is 24.8. The molecule has 45 heavy (non-hydrogen) atoms. The molecule has 7 aromatic rings. The van der Waals surface area contributed by atoms with E-state index < -0.39 is 0 Å². The highest BCUT2D eigenvalue weighted by Gasteiger charge is 2.15. The molecule has 1 aromatic heterocycles. The van der Waals surface area contributed by atoms with Gasteiger partial charge in [-0.15, -0.1) is 0 Å². The number of anilines is 2. The second kappa shape index (κ2) is 12.7. The maximum Gasteiger partial charge on any atom is 0.145 e. The van der Waals surface area contributed by atoms with Gasteiger partial charge < -0.3 is 15.2 Å². The Balaban J connectivity index is 1.21. The van der Waals surface area contributed by atoms with Crippen LogP contribution >= 0.6 is 0 Å². The van der Waals surface area contributed by atoms with E-state index in [1.54, 1.807) is 0 Å². The molecule has 5 nitrogen and oxygen atoms in total. The monoisotopic (exact) mass is 583 g/mol. The van der Waals surface area contributed by atoms with Crippen LogP contribution in [0.25, 0.3) is 32.9 Å². The lowest BCUT2D eigenvalue weighted by Crippen LogP contribution is -2.28. The molecular formula is C40H33N5. The summed E-state index contributed by atoms with van der Waals surface area (Å²) in [6.45, 7) is 4.29. The minimum atomic E-state index is -0.321. The van der Waals surface area contributed by atoms with E-state index in [0.29, 0.717) is 6.67 Å². The van der Waals surface area contributed by atoms with E-state index in [-0.39, 0.29) is 6.17 Å². The molecule has 218 valence electrons. The van der Waals surface area contributed by atoms with Crippen molar-refractivity contribution in [2.24, 2.45) is 9.98 Å². The molecule has 0 amide bonds. The number of aromatic nitrogens is 1. The van der Waals surface area contributed by atoms with E-state index in [4.69, 9.17) is 4.99 Å². The minimum Gasteiger partial charge on any atom is -0.356 e. The molecule has 0 bridgehead atoms. The fourth-order valence-electron chi connectivity index (χ4n) is 5.78. The lowest BCUT2D eigenvalue weighted by Gasteiger charge is -2.18. The van der Waals surface area contributed by atoms with Gasteiger partial charge >= 0.3 is 0 Å². The third kappa shape index (κ3) is 5.97. The van der Waals surface area contributed by atoms with Gasteiger partial charge in [0.25, 0.3) is 0 Å².